The molecule has 0 unspecified atom stereocenters. The second-order valence-electron chi connectivity index (χ2n) is 5.91. The molecule has 119 valence electrons. The summed E-state index contributed by atoms with van der Waals surface area (Å²) < 4.78 is 4.51. The van der Waals surface area contributed by atoms with Gasteiger partial charge in [-0.3, -0.25) is 0 Å². The second kappa shape index (κ2) is 6.42. The van der Waals surface area contributed by atoms with E-state index in [9.17, 15) is 0 Å². The molecule has 0 N–H and O–H groups in total. The van der Waals surface area contributed by atoms with Gasteiger partial charge < -0.3 is 0 Å². The molecule has 4 rings (SSSR count). The molecule has 0 saturated heterocycles. The van der Waals surface area contributed by atoms with Crippen molar-refractivity contribution in [3.63, 3.8) is 0 Å². The van der Waals surface area contributed by atoms with Crippen molar-refractivity contribution >= 4 is 34.2 Å². The van der Waals surface area contributed by atoms with Crippen molar-refractivity contribution in [3.8, 4) is 11.4 Å². The van der Waals surface area contributed by atoms with E-state index in [2.05, 4.69) is 66.1 Å². The van der Waals surface area contributed by atoms with Gasteiger partial charge in [0.25, 0.3) is 5.82 Å². The highest BCUT2D eigenvalue weighted by atomic mass is 35.5. The molecule has 4 heteroatoms. The lowest BCUT2D eigenvalue weighted by Crippen LogP contribution is -2.30. The van der Waals surface area contributed by atoms with Crippen LogP contribution >= 0.6 is 23.2 Å². The standard InChI is InChI=1S/C20H16Cl2N2/c1-23-18-8-4-5-9-19(18)24(13-14-6-2-3-7-14)20(23)15-10-16(21)12-17(22)11-15/h2-12H,13H2,1H3/q+1. The number of halogens is 2. The summed E-state index contributed by atoms with van der Waals surface area (Å²) in [6.07, 6.45) is 8.42. The van der Waals surface area contributed by atoms with Gasteiger partial charge in [-0.2, -0.15) is 0 Å². The lowest BCUT2D eigenvalue weighted by atomic mass is 10.1. The fourth-order valence-corrected chi connectivity index (χ4v) is 3.81. The molecule has 0 aliphatic heterocycles. The zero-order valence-corrected chi connectivity index (χ0v) is 14.7. The average Bonchev–Trinajstić information content (AvgIpc) is 3.15. The number of aromatic nitrogens is 2. The minimum Gasteiger partial charge on any atom is -0.226 e. The van der Waals surface area contributed by atoms with E-state index in [1.54, 1.807) is 6.07 Å². The summed E-state index contributed by atoms with van der Waals surface area (Å²) >= 11 is 12.5. The summed E-state index contributed by atoms with van der Waals surface area (Å²) in [5, 5.41) is 1.28. The maximum Gasteiger partial charge on any atom is 0.289 e. The third-order valence-corrected chi connectivity index (χ3v) is 4.74. The first-order valence-corrected chi connectivity index (χ1v) is 8.53. The van der Waals surface area contributed by atoms with Crippen LogP contribution in [-0.2, 0) is 13.6 Å². The molecular formula is C20H16Cl2N2+. The van der Waals surface area contributed by atoms with Gasteiger partial charge in [0.2, 0.25) is 0 Å². The first-order valence-electron chi connectivity index (χ1n) is 7.78. The quantitative estimate of drug-likeness (QED) is 0.594. The Labute approximate surface area is 152 Å². The smallest absolute Gasteiger partial charge is 0.226 e. The van der Waals surface area contributed by atoms with Crippen LogP contribution in [0.2, 0.25) is 10.0 Å². The Morgan fingerprint density at radius 1 is 0.958 bits per heavy atom. The van der Waals surface area contributed by atoms with Gasteiger partial charge in [-0.15, -0.1) is 0 Å². The number of rotatable bonds is 3. The molecular weight excluding hydrogens is 339 g/mol. The Morgan fingerprint density at radius 3 is 2.33 bits per heavy atom. The Balaban J connectivity index is 1.93. The van der Waals surface area contributed by atoms with Crippen molar-refractivity contribution in [3.05, 3.63) is 84.1 Å². The Bertz CT molecular complexity index is 872. The lowest BCUT2D eigenvalue weighted by molar-refractivity contribution is -0.634. The fraction of sp³-hybridized carbons (Fsp3) is 0.100. The summed E-state index contributed by atoms with van der Waals surface area (Å²) in [5.41, 5.74) is 3.38. The van der Waals surface area contributed by atoms with Crippen LogP contribution in [0.5, 0.6) is 0 Å². The van der Waals surface area contributed by atoms with Crippen molar-refractivity contribution < 1.29 is 4.57 Å². The maximum absolute atomic E-state index is 6.24. The van der Waals surface area contributed by atoms with Crippen LogP contribution < -0.4 is 4.57 Å². The van der Waals surface area contributed by atoms with Gasteiger partial charge in [0.05, 0.1) is 19.2 Å². The highest BCUT2D eigenvalue weighted by molar-refractivity contribution is 6.35. The van der Waals surface area contributed by atoms with Crippen molar-refractivity contribution in [2.75, 3.05) is 0 Å². The number of hydrogen-bond acceptors (Lipinski definition) is 0. The van der Waals surface area contributed by atoms with Crippen LogP contribution in [-0.4, -0.2) is 4.57 Å². The van der Waals surface area contributed by atoms with Gasteiger partial charge in [-0.1, -0.05) is 35.3 Å². The van der Waals surface area contributed by atoms with Crippen LogP contribution in [0, 0.1) is 31.6 Å². The van der Waals surface area contributed by atoms with Gasteiger partial charge in [-0.05, 0) is 56.0 Å². The number of nitrogens with zero attached hydrogens (tertiary/aromatic N) is 2. The Morgan fingerprint density at radius 2 is 1.62 bits per heavy atom. The molecule has 1 saturated carbocycles. The molecule has 5 radical (unpaired) electrons. The fourth-order valence-electron chi connectivity index (χ4n) is 3.28. The highest BCUT2D eigenvalue weighted by Crippen LogP contribution is 2.32. The predicted octanol–water partition coefficient (Wildman–Crippen LogP) is 4.84. The van der Waals surface area contributed by atoms with Gasteiger partial charge in [0, 0.05) is 16.0 Å². The van der Waals surface area contributed by atoms with Crippen LogP contribution in [0.4, 0.5) is 0 Å². The number of aryl methyl sites for hydroxylation is 1. The summed E-state index contributed by atoms with van der Waals surface area (Å²) in [7, 11) is 2.08. The van der Waals surface area contributed by atoms with E-state index in [0.717, 1.165) is 17.9 Å². The number of benzene rings is 2. The van der Waals surface area contributed by atoms with Gasteiger partial charge >= 0.3 is 0 Å². The lowest BCUT2D eigenvalue weighted by Gasteiger charge is -2.09. The highest BCUT2D eigenvalue weighted by Gasteiger charge is 2.28. The Hall–Kier alpha value is -1.51. The topological polar surface area (TPSA) is 8.81 Å². The van der Waals surface area contributed by atoms with Crippen LogP contribution in [0.3, 0.4) is 0 Å². The molecule has 1 aromatic heterocycles. The van der Waals surface area contributed by atoms with E-state index in [4.69, 9.17) is 23.2 Å². The third kappa shape index (κ3) is 2.82. The van der Waals surface area contributed by atoms with Gasteiger partial charge in [-0.25, -0.2) is 9.13 Å². The van der Waals surface area contributed by atoms with Crippen molar-refractivity contribution in [1.29, 1.82) is 0 Å². The molecule has 1 heterocycles. The minimum absolute atomic E-state index is 0.641. The molecule has 24 heavy (non-hydrogen) atoms. The summed E-state index contributed by atoms with van der Waals surface area (Å²) in [4.78, 5) is 0. The number of para-hydroxylation sites is 2. The van der Waals surface area contributed by atoms with E-state index in [0.29, 0.717) is 10.0 Å². The van der Waals surface area contributed by atoms with E-state index >= 15 is 0 Å². The molecule has 0 atom stereocenters. The van der Waals surface area contributed by atoms with E-state index in [1.165, 1.54) is 17.0 Å². The van der Waals surface area contributed by atoms with Crippen LogP contribution in [0.1, 0.15) is 0 Å². The largest absolute Gasteiger partial charge is 0.289 e. The van der Waals surface area contributed by atoms with Crippen LogP contribution in [0.25, 0.3) is 22.4 Å². The molecule has 3 aromatic rings. The SMILES string of the molecule is C[n+]1c(-c2cc(Cl)cc(Cl)c2)n(C[C]2[CH][CH][CH][CH]2)c2ccccc21. The molecule has 1 aliphatic carbocycles. The molecule has 1 aliphatic rings. The number of fused-ring (bicyclic) bond motifs is 1. The second-order valence-corrected chi connectivity index (χ2v) is 6.78. The van der Waals surface area contributed by atoms with E-state index in [1.807, 2.05) is 12.1 Å². The van der Waals surface area contributed by atoms with Crippen molar-refractivity contribution in [1.82, 2.24) is 4.57 Å². The van der Waals surface area contributed by atoms with Crippen molar-refractivity contribution in [2.45, 2.75) is 6.54 Å². The summed E-state index contributed by atoms with van der Waals surface area (Å²) in [5.74, 6) is 2.35. The summed E-state index contributed by atoms with van der Waals surface area (Å²) in [6.45, 7) is 0.799. The zero-order chi connectivity index (χ0) is 16.7. The first kappa shape index (κ1) is 16.0. The maximum atomic E-state index is 6.24. The zero-order valence-electron chi connectivity index (χ0n) is 13.2. The molecule has 0 bridgehead atoms. The molecule has 2 aromatic carbocycles. The minimum atomic E-state index is 0.641. The third-order valence-electron chi connectivity index (χ3n) is 4.30. The van der Waals surface area contributed by atoms with E-state index < -0.39 is 0 Å². The van der Waals surface area contributed by atoms with E-state index in [-0.39, 0.29) is 0 Å². The van der Waals surface area contributed by atoms with Crippen LogP contribution in [0.15, 0.2) is 42.5 Å². The molecule has 0 spiro atoms. The molecule has 1 fully saturated rings. The number of hydrogen-bond donors (Lipinski definition) is 0. The van der Waals surface area contributed by atoms with Gasteiger partial charge in [0.1, 0.15) is 0 Å². The van der Waals surface area contributed by atoms with Crippen molar-refractivity contribution in [2.24, 2.45) is 7.05 Å². The average molecular weight is 355 g/mol. The molecule has 0 amide bonds. The summed E-state index contributed by atoms with van der Waals surface area (Å²) in [6, 6.07) is 14.1. The first-order chi connectivity index (χ1) is 11.6. The monoisotopic (exact) mass is 354 g/mol. The Kier molecular flexibility index (Phi) is 4.28. The van der Waals surface area contributed by atoms with Gasteiger partial charge in [0.15, 0.2) is 11.0 Å². The predicted molar refractivity (Wildman–Crippen MR) is 99.0 cm³/mol. The number of imidazole rings is 1. The molecule has 2 nitrogen and oxygen atoms in total. The normalized spacial score (nSPS) is 15.5.